The van der Waals surface area contributed by atoms with Crippen LogP contribution in [0.2, 0.25) is 0 Å². The predicted molar refractivity (Wildman–Crippen MR) is 66.2 cm³/mol. The van der Waals surface area contributed by atoms with E-state index in [1.54, 1.807) is 0 Å². The maximum atomic E-state index is 9.33. The Labute approximate surface area is 104 Å². The van der Waals surface area contributed by atoms with Gasteiger partial charge in [-0.05, 0) is 75.0 Å². The lowest BCUT2D eigenvalue weighted by molar-refractivity contribution is -0.0235. The van der Waals surface area contributed by atoms with Gasteiger partial charge in [-0.3, -0.25) is 5.32 Å². The lowest BCUT2D eigenvalue weighted by Gasteiger charge is -2.57. The molecular formula is C15H22N2. The fourth-order valence-electron chi connectivity index (χ4n) is 5.30. The fourth-order valence-corrected chi connectivity index (χ4v) is 5.30. The summed E-state index contributed by atoms with van der Waals surface area (Å²) in [5.41, 5.74) is 0.373. The summed E-state index contributed by atoms with van der Waals surface area (Å²) < 4.78 is 0. The van der Waals surface area contributed by atoms with E-state index in [1.807, 2.05) is 0 Å². The van der Waals surface area contributed by atoms with E-state index < -0.39 is 0 Å². The smallest absolute Gasteiger partial charge is 0.0985 e. The predicted octanol–water partition coefficient (Wildman–Crippen LogP) is 2.85. The molecule has 5 aliphatic rings. The molecule has 0 aromatic rings. The van der Waals surface area contributed by atoms with Gasteiger partial charge in [0.25, 0.3) is 0 Å². The van der Waals surface area contributed by atoms with Crippen LogP contribution < -0.4 is 5.32 Å². The first kappa shape index (κ1) is 10.4. The summed E-state index contributed by atoms with van der Waals surface area (Å²) >= 11 is 0. The van der Waals surface area contributed by atoms with Crippen molar-refractivity contribution >= 4 is 0 Å². The van der Waals surface area contributed by atoms with Crippen molar-refractivity contribution in [3.8, 4) is 6.07 Å². The van der Waals surface area contributed by atoms with Crippen LogP contribution in [0.5, 0.6) is 0 Å². The summed E-state index contributed by atoms with van der Waals surface area (Å²) in [5, 5.41) is 13.1. The summed E-state index contributed by atoms with van der Waals surface area (Å²) in [6.07, 6.45) is 11.1. The molecule has 5 saturated carbocycles. The van der Waals surface area contributed by atoms with Crippen molar-refractivity contribution < 1.29 is 0 Å². The van der Waals surface area contributed by atoms with E-state index in [1.165, 1.54) is 51.4 Å². The molecule has 1 atom stereocenters. The zero-order chi connectivity index (χ0) is 11.5. The molecule has 92 valence electrons. The van der Waals surface area contributed by atoms with Gasteiger partial charge in [0.2, 0.25) is 0 Å². The highest BCUT2D eigenvalue weighted by Gasteiger charge is 2.52. The van der Waals surface area contributed by atoms with E-state index in [4.69, 9.17) is 0 Å². The van der Waals surface area contributed by atoms with Crippen molar-refractivity contribution in [2.45, 2.75) is 62.9 Å². The highest BCUT2D eigenvalue weighted by Crippen LogP contribution is 2.56. The minimum Gasteiger partial charge on any atom is -0.296 e. The van der Waals surface area contributed by atoms with Gasteiger partial charge in [0.15, 0.2) is 0 Å². The Hall–Kier alpha value is -0.550. The second kappa shape index (κ2) is 3.48. The monoisotopic (exact) mass is 230 g/mol. The van der Waals surface area contributed by atoms with Gasteiger partial charge in [-0.15, -0.1) is 0 Å². The van der Waals surface area contributed by atoms with Crippen LogP contribution in [-0.2, 0) is 0 Å². The van der Waals surface area contributed by atoms with Gasteiger partial charge in [0, 0.05) is 5.54 Å². The van der Waals surface area contributed by atoms with Crippen molar-refractivity contribution in [1.29, 1.82) is 5.26 Å². The molecule has 0 amide bonds. The lowest BCUT2D eigenvalue weighted by atomic mass is 9.53. The average molecular weight is 230 g/mol. The Morgan fingerprint density at radius 2 is 1.53 bits per heavy atom. The summed E-state index contributed by atoms with van der Waals surface area (Å²) in [4.78, 5) is 0. The van der Waals surface area contributed by atoms with E-state index >= 15 is 0 Å². The van der Waals surface area contributed by atoms with E-state index in [0.717, 1.165) is 17.8 Å². The second-order valence-corrected chi connectivity index (χ2v) is 7.29. The molecule has 0 aromatic carbocycles. The van der Waals surface area contributed by atoms with Gasteiger partial charge in [-0.25, -0.2) is 0 Å². The number of hydrogen-bond acceptors (Lipinski definition) is 2. The lowest BCUT2D eigenvalue weighted by Crippen LogP contribution is -2.60. The number of nitrogens with one attached hydrogen (secondary N) is 1. The minimum atomic E-state index is 0.159. The minimum absolute atomic E-state index is 0.159. The standard InChI is InChI=1S/C15H22N2/c16-9-14(13-1-2-13)17-15-6-10-3-11(7-15)5-12(4-10)8-15/h10-14,17H,1-8H2. The quantitative estimate of drug-likeness (QED) is 0.809. The molecule has 1 N–H and O–H groups in total. The van der Waals surface area contributed by atoms with Gasteiger partial charge in [-0.1, -0.05) is 0 Å². The Bertz CT molecular complexity index is 328. The highest BCUT2D eigenvalue weighted by atomic mass is 15.0. The van der Waals surface area contributed by atoms with Gasteiger partial charge < -0.3 is 0 Å². The molecule has 0 heterocycles. The Morgan fingerprint density at radius 3 is 1.94 bits per heavy atom. The van der Waals surface area contributed by atoms with Crippen LogP contribution in [0.3, 0.4) is 0 Å². The van der Waals surface area contributed by atoms with Crippen molar-refractivity contribution in [3.63, 3.8) is 0 Å². The van der Waals surface area contributed by atoms with Crippen molar-refractivity contribution in [2.75, 3.05) is 0 Å². The van der Waals surface area contributed by atoms with Crippen molar-refractivity contribution in [1.82, 2.24) is 5.32 Å². The fraction of sp³-hybridized carbons (Fsp3) is 0.933. The molecule has 1 unspecified atom stereocenters. The van der Waals surface area contributed by atoms with Crippen LogP contribution >= 0.6 is 0 Å². The number of rotatable bonds is 3. The molecular weight excluding hydrogens is 208 g/mol. The Balaban J connectivity index is 1.54. The third-order valence-electron chi connectivity index (χ3n) is 5.73. The number of nitriles is 1. The molecule has 17 heavy (non-hydrogen) atoms. The molecule has 2 nitrogen and oxygen atoms in total. The third-order valence-corrected chi connectivity index (χ3v) is 5.73. The van der Waals surface area contributed by atoms with Crippen LogP contribution in [0.1, 0.15) is 51.4 Å². The van der Waals surface area contributed by atoms with Gasteiger partial charge >= 0.3 is 0 Å². The van der Waals surface area contributed by atoms with E-state index in [-0.39, 0.29) is 6.04 Å². The van der Waals surface area contributed by atoms with Gasteiger partial charge in [0.05, 0.1) is 12.1 Å². The molecule has 0 aliphatic heterocycles. The summed E-state index contributed by atoms with van der Waals surface area (Å²) in [7, 11) is 0. The third kappa shape index (κ3) is 1.71. The highest BCUT2D eigenvalue weighted by molar-refractivity contribution is 5.11. The molecule has 0 aromatic heterocycles. The van der Waals surface area contributed by atoms with Crippen LogP contribution in [0.15, 0.2) is 0 Å². The second-order valence-electron chi connectivity index (χ2n) is 7.29. The first-order valence-corrected chi connectivity index (χ1v) is 7.44. The maximum Gasteiger partial charge on any atom is 0.0985 e. The first-order valence-electron chi connectivity index (χ1n) is 7.44. The zero-order valence-electron chi connectivity index (χ0n) is 10.5. The Kier molecular flexibility index (Phi) is 2.12. The summed E-state index contributed by atoms with van der Waals surface area (Å²) in [6, 6.07) is 2.69. The molecule has 4 bridgehead atoms. The molecule has 5 fully saturated rings. The molecule has 5 rings (SSSR count). The molecule has 0 saturated heterocycles. The van der Waals surface area contributed by atoms with Crippen LogP contribution in [-0.4, -0.2) is 11.6 Å². The number of hydrogen-bond donors (Lipinski definition) is 1. The average Bonchev–Trinajstić information content (AvgIpc) is 3.07. The van der Waals surface area contributed by atoms with Crippen LogP contribution in [0, 0.1) is 35.0 Å². The zero-order valence-corrected chi connectivity index (χ0v) is 10.5. The number of nitrogens with zero attached hydrogens (tertiary/aromatic N) is 1. The van der Waals surface area contributed by atoms with E-state index in [2.05, 4.69) is 11.4 Å². The largest absolute Gasteiger partial charge is 0.296 e. The van der Waals surface area contributed by atoms with E-state index in [0.29, 0.717) is 11.5 Å². The van der Waals surface area contributed by atoms with Crippen molar-refractivity contribution in [3.05, 3.63) is 0 Å². The maximum absolute atomic E-state index is 9.33. The molecule has 0 spiro atoms. The summed E-state index contributed by atoms with van der Waals surface area (Å²) in [5.74, 6) is 3.61. The van der Waals surface area contributed by atoms with Crippen molar-refractivity contribution in [2.24, 2.45) is 23.7 Å². The van der Waals surface area contributed by atoms with E-state index in [9.17, 15) is 5.26 Å². The molecule has 2 heteroatoms. The van der Waals surface area contributed by atoms with Crippen LogP contribution in [0.25, 0.3) is 0 Å². The topological polar surface area (TPSA) is 35.8 Å². The normalized spacial score (nSPS) is 49.0. The molecule has 0 radical (unpaired) electrons. The SMILES string of the molecule is N#CC(NC12CC3CC(CC(C3)C1)C2)C1CC1. The first-order chi connectivity index (χ1) is 8.26. The van der Waals surface area contributed by atoms with Crippen LogP contribution in [0.4, 0.5) is 0 Å². The van der Waals surface area contributed by atoms with Gasteiger partial charge in [0.1, 0.15) is 0 Å². The molecule has 5 aliphatic carbocycles. The van der Waals surface area contributed by atoms with Gasteiger partial charge in [-0.2, -0.15) is 5.26 Å². The Morgan fingerprint density at radius 1 is 1.00 bits per heavy atom. The summed E-state index contributed by atoms with van der Waals surface area (Å²) in [6.45, 7) is 0.